The number of hydrogen-bond donors (Lipinski definition) is 0. The maximum absolute atomic E-state index is 12.5. The van der Waals surface area contributed by atoms with Crippen molar-refractivity contribution in [2.24, 2.45) is 7.05 Å². The summed E-state index contributed by atoms with van der Waals surface area (Å²) >= 11 is 18.1. The summed E-state index contributed by atoms with van der Waals surface area (Å²) < 4.78 is 7.53. The molecule has 1 aromatic carbocycles. The molecule has 0 radical (unpaired) electrons. The van der Waals surface area contributed by atoms with Crippen LogP contribution in [-0.2, 0) is 13.5 Å². The molecule has 120 valence electrons. The van der Waals surface area contributed by atoms with Crippen LogP contribution in [0.4, 0.5) is 0 Å². The molecule has 0 atom stereocenters. The lowest BCUT2D eigenvalue weighted by atomic mass is 10.1. The molecule has 0 unspecified atom stereocenters. The number of benzene rings is 1. The molecule has 0 aliphatic rings. The zero-order valence-electron chi connectivity index (χ0n) is 12.6. The first-order valence-electron chi connectivity index (χ1n) is 7.20. The van der Waals surface area contributed by atoms with Gasteiger partial charge < -0.3 is 9.30 Å². The van der Waals surface area contributed by atoms with Crippen LogP contribution < -0.4 is 10.3 Å². The summed E-state index contributed by atoms with van der Waals surface area (Å²) in [4.78, 5) is 12.5. The Morgan fingerprint density at radius 3 is 2.41 bits per heavy atom. The van der Waals surface area contributed by atoms with Gasteiger partial charge in [0.2, 0.25) is 0 Å². The molecule has 2 aromatic rings. The van der Waals surface area contributed by atoms with Gasteiger partial charge in [0.25, 0.3) is 5.56 Å². The van der Waals surface area contributed by atoms with E-state index in [0.717, 1.165) is 18.5 Å². The van der Waals surface area contributed by atoms with Crippen molar-refractivity contribution >= 4 is 45.6 Å². The second-order valence-corrected chi connectivity index (χ2v) is 6.29. The van der Waals surface area contributed by atoms with Crippen molar-refractivity contribution in [1.82, 2.24) is 4.57 Å². The molecule has 2 rings (SSSR count). The Labute approximate surface area is 144 Å². The Hall–Kier alpha value is -0.900. The number of nitrogens with zero attached hydrogens (tertiary/aromatic N) is 1. The van der Waals surface area contributed by atoms with Crippen LogP contribution in [0.2, 0.25) is 10.0 Å². The van der Waals surface area contributed by atoms with Gasteiger partial charge in [0.05, 0.1) is 27.7 Å². The van der Waals surface area contributed by atoms with E-state index in [0.29, 0.717) is 45.5 Å². The number of hydrogen-bond acceptors (Lipinski definition) is 2. The molecule has 0 aliphatic carbocycles. The van der Waals surface area contributed by atoms with E-state index >= 15 is 0 Å². The molecular weight excluding hydrogens is 345 g/mol. The Morgan fingerprint density at radius 2 is 1.82 bits per heavy atom. The topological polar surface area (TPSA) is 31.2 Å². The zero-order valence-corrected chi connectivity index (χ0v) is 14.9. The van der Waals surface area contributed by atoms with Gasteiger partial charge in [-0.05, 0) is 18.6 Å². The quantitative estimate of drug-likeness (QED) is 0.545. The van der Waals surface area contributed by atoms with E-state index in [1.54, 1.807) is 23.7 Å². The molecule has 0 spiro atoms. The van der Waals surface area contributed by atoms with Gasteiger partial charge in [-0.1, -0.05) is 36.5 Å². The van der Waals surface area contributed by atoms with Gasteiger partial charge >= 0.3 is 0 Å². The van der Waals surface area contributed by atoms with Gasteiger partial charge in [0.15, 0.2) is 0 Å². The monoisotopic (exact) mass is 361 g/mol. The van der Waals surface area contributed by atoms with Crippen molar-refractivity contribution in [3.8, 4) is 5.75 Å². The summed E-state index contributed by atoms with van der Waals surface area (Å²) in [7, 11) is 1.72. The second kappa shape index (κ2) is 7.58. The lowest BCUT2D eigenvalue weighted by Crippen LogP contribution is -2.22. The third-order valence-corrected chi connectivity index (χ3v) is 4.49. The predicted octanol–water partition coefficient (Wildman–Crippen LogP) is 4.81. The number of rotatable bonds is 6. The van der Waals surface area contributed by atoms with Crippen LogP contribution in [0.3, 0.4) is 0 Å². The number of aromatic nitrogens is 1. The largest absolute Gasteiger partial charge is 0.491 e. The fourth-order valence-electron chi connectivity index (χ4n) is 2.37. The number of pyridine rings is 1. The first-order valence-corrected chi connectivity index (χ1v) is 8.49. The van der Waals surface area contributed by atoms with E-state index in [1.165, 1.54) is 0 Å². The summed E-state index contributed by atoms with van der Waals surface area (Å²) in [5.74, 6) is 1.08. The highest BCUT2D eigenvalue weighted by molar-refractivity contribution is 6.42. The van der Waals surface area contributed by atoms with Crippen LogP contribution in [0.5, 0.6) is 5.75 Å². The Morgan fingerprint density at radius 1 is 1.18 bits per heavy atom. The van der Waals surface area contributed by atoms with Crippen molar-refractivity contribution in [2.75, 3.05) is 12.5 Å². The molecule has 22 heavy (non-hydrogen) atoms. The molecule has 1 aromatic heterocycles. The zero-order chi connectivity index (χ0) is 16.3. The highest BCUT2D eigenvalue weighted by Gasteiger charge is 2.17. The average molecular weight is 363 g/mol. The molecular formula is C16H18Cl3NO2. The van der Waals surface area contributed by atoms with Gasteiger partial charge in [-0.2, -0.15) is 0 Å². The predicted molar refractivity (Wildman–Crippen MR) is 94.0 cm³/mol. The molecule has 0 N–H and O–H groups in total. The normalized spacial score (nSPS) is 11.1. The average Bonchev–Trinajstić information content (AvgIpc) is 2.50. The van der Waals surface area contributed by atoms with Crippen molar-refractivity contribution in [1.29, 1.82) is 0 Å². The van der Waals surface area contributed by atoms with Crippen LogP contribution in [-0.4, -0.2) is 17.1 Å². The van der Waals surface area contributed by atoms with Crippen LogP contribution in [0.25, 0.3) is 10.8 Å². The smallest absolute Gasteiger partial charge is 0.258 e. The van der Waals surface area contributed by atoms with Crippen molar-refractivity contribution < 1.29 is 4.74 Å². The minimum atomic E-state index is -0.128. The Bertz CT molecular complexity index is 740. The molecule has 0 bridgehead atoms. The number of halogens is 3. The number of ether oxygens (including phenoxy) is 1. The number of alkyl halides is 1. The molecule has 0 saturated carbocycles. The highest BCUT2D eigenvalue weighted by Crippen LogP contribution is 2.34. The van der Waals surface area contributed by atoms with E-state index in [1.807, 2.05) is 0 Å². The van der Waals surface area contributed by atoms with E-state index in [9.17, 15) is 4.79 Å². The summed E-state index contributed by atoms with van der Waals surface area (Å²) in [6.07, 6.45) is 2.51. The molecule has 3 nitrogen and oxygen atoms in total. The van der Waals surface area contributed by atoms with Crippen LogP contribution in [0.15, 0.2) is 16.9 Å². The number of unbranched alkanes of at least 4 members (excludes halogenated alkanes) is 1. The SMILES string of the molecule is CCCCOc1c(CCCl)n(C)c(=O)c2cc(Cl)c(Cl)cc12. The van der Waals surface area contributed by atoms with Gasteiger partial charge in [-0.15, -0.1) is 11.6 Å². The third kappa shape index (κ3) is 3.37. The van der Waals surface area contributed by atoms with Crippen molar-refractivity contribution in [3.63, 3.8) is 0 Å². The van der Waals surface area contributed by atoms with Crippen LogP contribution >= 0.6 is 34.8 Å². The van der Waals surface area contributed by atoms with Crippen LogP contribution in [0, 0.1) is 0 Å². The van der Waals surface area contributed by atoms with E-state index in [-0.39, 0.29) is 5.56 Å². The first-order chi connectivity index (χ1) is 10.5. The summed E-state index contributed by atoms with van der Waals surface area (Å²) in [6, 6.07) is 3.29. The van der Waals surface area contributed by atoms with Crippen molar-refractivity contribution in [3.05, 3.63) is 38.2 Å². The summed E-state index contributed by atoms with van der Waals surface area (Å²) in [6.45, 7) is 2.68. The first kappa shape index (κ1) is 17.5. The van der Waals surface area contributed by atoms with E-state index < -0.39 is 0 Å². The molecule has 1 heterocycles. The fourth-order valence-corrected chi connectivity index (χ4v) is 2.88. The molecule has 6 heteroatoms. The maximum Gasteiger partial charge on any atom is 0.258 e. The van der Waals surface area contributed by atoms with E-state index in [2.05, 4.69) is 6.92 Å². The highest BCUT2D eigenvalue weighted by atomic mass is 35.5. The second-order valence-electron chi connectivity index (χ2n) is 5.09. The van der Waals surface area contributed by atoms with E-state index in [4.69, 9.17) is 39.5 Å². The standard InChI is InChI=1S/C16H18Cl3NO2/c1-3-4-7-22-15-10-8-12(18)13(19)9-11(10)16(21)20(2)14(15)5-6-17/h8-9H,3-7H2,1-2H3. The van der Waals surface area contributed by atoms with Gasteiger partial charge in [0.1, 0.15) is 5.75 Å². The van der Waals surface area contributed by atoms with Crippen LogP contribution in [0.1, 0.15) is 25.5 Å². The lowest BCUT2D eigenvalue weighted by molar-refractivity contribution is 0.307. The maximum atomic E-state index is 12.5. The lowest BCUT2D eigenvalue weighted by Gasteiger charge is -2.17. The summed E-state index contributed by atoms with van der Waals surface area (Å²) in [5.41, 5.74) is 0.651. The molecule has 0 aliphatic heterocycles. The molecule has 0 fully saturated rings. The minimum absolute atomic E-state index is 0.128. The van der Waals surface area contributed by atoms with Gasteiger partial charge in [0, 0.05) is 24.7 Å². The van der Waals surface area contributed by atoms with Crippen molar-refractivity contribution in [2.45, 2.75) is 26.2 Å². The van der Waals surface area contributed by atoms with Gasteiger partial charge in [-0.25, -0.2) is 0 Å². The molecule has 0 amide bonds. The fraction of sp³-hybridized carbons (Fsp3) is 0.438. The third-order valence-electron chi connectivity index (χ3n) is 3.58. The minimum Gasteiger partial charge on any atom is -0.491 e. The Kier molecular flexibility index (Phi) is 6.01. The Balaban J connectivity index is 2.73. The number of fused-ring (bicyclic) bond motifs is 1. The van der Waals surface area contributed by atoms with Gasteiger partial charge in [-0.3, -0.25) is 4.79 Å². The summed E-state index contributed by atoms with van der Waals surface area (Å²) in [5, 5.41) is 1.95. The molecule has 0 saturated heterocycles.